The molecule has 0 saturated carbocycles. The minimum Gasteiger partial charge on any atom is -0.382 e. The Balaban J connectivity index is 1.46. The van der Waals surface area contributed by atoms with Crippen molar-refractivity contribution >= 4 is 28.5 Å². The van der Waals surface area contributed by atoms with Crippen LogP contribution in [0.3, 0.4) is 0 Å². The lowest BCUT2D eigenvalue weighted by Crippen LogP contribution is -2.34. The van der Waals surface area contributed by atoms with E-state index in [1.54, 1.807) is 11.1 Å². The molecule has 2 aromatic heterocycles. The Bertz CT molecular complexity index is 1150. The number of anilines is 1. The number of primary amides is 1. The summed E-state index contributed by atoms with van der Waals surface area (Å²) in [7, 11) is 0. The van der Waals surface area contributed by atoms with Gasteiger partial charge >= 0.3 is 0 Å². The molecule has 3 N–H and O–H groups in total. The molecule has 32 heavy (non-hydrogen) atoms. The van der Waals surface area contributed by atoms with Crippen LogP contribution in [-0.4, -0.2) is 55.2 Å². The summed E-state index contributed by atoms with van der Waals surface area (Å²) in [6, 6.07) is 6.51. The predicted octanol–water partition coefficient (Wildman–Crippen LogP) is 1.56. The van der Waals surface area contributed by atoms with Gasteiger partial charge in [0.1, 0.15) is 12.4 Å². The summed E-state index contributed by atoms with van der Waals surface area (Å²) in [5, 5.41) is 7.85. The van der Waals surface area contributed by atoms with Gasteiger partial charge in [-0.3, -0.25) is 14.3 Å². The first kappa shape index (κ1) is 20.5. The van der Waals surface area contributed by atoms with Crippen LogP contribution >= 0.6 is 0 Å². The van der Waals surface area contributed by atoms with Crippen LogP contribution < -0.4 is 11.1 Å². The van der Waals surface area contributed by atoms with Gasteiger partial charge in [0.05, 0.1) is 17.0 Å². The molecule has 5 rings (SSSR count). The van der Waals surface area contributed by atoms with E-state index in [1.807, 2.05) is 21.5 Å². The second kappa shape index (κ2) is 8.29. The maximum absolute atomic E-state index is 13.1. The first-order valence-corrected chi connectivity index (χ1v) is 11.3. The highest BCUT2D eigenvalue weighted by molar-refractivity contribution is 5.88. The van der Waals surface area contributed by atoms with E-state index < -0.39 is 0 Å². The van der Waals surface area contributed by atoms with Crippen LogP contribution in [-0.2, 0) is 35.5 Å². The number of hydrogen-bond acceptors (Lipinski definition) is 5. The zero-order valence-corrected chi connectivity index (χ0v) is 18.3. The van der Waals surface area contributed by atoms with Gasteiger partial charge in [-0.2, -0.15) is 5.10 Å². The molecular formula is C23H29N7O2. The van der Waals surface area contributed by atoms with Gasteiger partial charge in [0.15, 0.2) is 0 Å². The highest BCUT2D eigenvalue weighted by Gasteiger charge is 2.30. The number of nitrogens with one attached hydrogen (secondary N) is 1. The zero-order valence-electron chi connectivity index (χ0n) is 18.3. The Labute approximate surface area is 186 Å². The van der Waals surface area contributed by atoms with Gasteiger partial charge in [-0.05, 0) is 44.4 Å². The number of fused-ring (bicyclic) bond motifs is 3. The van der Waals surface area contributed by atoms with Crippen molar-refractivity contribution in [2.24, 2.45) is 11.7 Å². The molecule has 4 heterocycles. The quantitative estimate of drug-likeness (QED) is 0.610. The van der Waals surface area contributed by atoms with Crippen LogP contribution in [0, 0.1) is 5.92 Å². The number of imidazole rings is 1. The van der Waals surface area contributed by atoms with Crippen LogP contribution in [0.25, 0.3) is 11.0 Å². The van der Waals surface area contributed by atoms with E-state index in [4.69, 9.17) is 10.7 Å². The number of carbonyl (C=O) groups is 2. The second-order valence-electron chi connectivity index (χ2n) is 8.90. The molecule has 0 spiro atoms. The summed E-state index contributed by atoms with van der Waals surface area (Å²) in [6.45, 7) is 4.06. The van der Waals surface area contributed by atoms with Crippen LogP contribution in [0.1, 0.15) is 31.2 Å². The van der Waals surface area contributed by atoms with E-state index in [9.17, 15) is 9.59 Å². The molecule has 2 amide bonds. The van der Waals surface area contributed by atoms with E-state index in [0.717, 1.165) is 35.4 Å². The first-order valence-electron chi connectivity index (χ1n) is 11.3. The third-order valence-electron chi connectivity index (χ3n) is 6.69. The number of amides is 2. The number of nitrogens with two attached hydrogens (primary N) is 1. The van der Waals surface area contributed by atoms with E-state index in [-0.39, 0.29) is 24.3 Å². The zero-order chi connectivity index (χ0) is 22.2. The minimum atomic E-state index is -0.332. The standard InChI is InChI=1S/C23H29N7O2/c1-15-3-4-17-18(26-15)5-6-19-22(17)27-20(8-12-29-10-2-9-25-29)30(19)14-21(31)28-11-7-16(13-28)23(24)32/h2,5-6,9-10,15-16,26H,3-4,7-8,11-14H2,1H3,(H2,24,32)/t15-,16-/m0/s1. The monoisotopic (exact) mass is 435 g/mol. The Kier molecular flexibility index (Phi) is 5.32. The van der Waals surface area contributed by atoms with Crippen molar-refractivity contribution in [3.05, 3.63) is 42.0 Å². The number of hydrogen-bond donors (Lipinski definition) is 2. The molecule has 1 fully saturated rings. The highest BCUT2D eigenvalue weighted by Crippen LogP contribution is 2.32. The fraction of sp³-hybridized carbons (Fsp3) is 0.478. The fourth-order valence-corrected chi connectivity index (χ4v) is 4.85. The van der Waals surface area contributed by atoms with Crippen molar-refractivity contribution in [2.45, 2.75) is 51.7 Å². The summed E-state index contributed by atoms with van der Waals surface area (Å²) in [5.74, 6) is 0.291. The van der Waals surface area contributed by atoms with Crippen LogP contribution in [0.2, 0.25) is 0 Å². The minimum absolute atomic E-state index is 0.00198. The number of aromatic nitrogens is 4. The predicted molar refractivity (Wildman–Crippen MR) is 121 cm³/mol. The van der Waals surface area contributed by atoms with E-state index in [1.165, 1.54) is 5.56 Å². The molecule has 3 aromatic rings. The van der Waals surface area contributed by atoms with Crippen LogP contribution in [0.5, 0.6) is 0 Å². The molecule has 0 aliphatic carbocycles. The summed E-state index contributed by atoms with van der Waals surface area (Å²) in [6.07, 6.45) is 7.03. The third kappa shape index (κ3) is 3.83. The van der Waals surface area contributed by atoms with Gasteiger partial charge in [0, 0.05) is 55.7 Å². The fourth-order valence-electron chi connectivity index (χ4n) is 4.85. The molecule has 168 valence electrons. The number of nitrogens with zero attached hydrogens (tertiary/aromatic N) is 5. The lowest BCUT2D eigenvalue weighted by Gasteiger charge is -2.24. The Morgan fingerprint density at radius 2 is 2.16 bits per heavy atom. The maximum atomic E-state index is 13.1. The topological polar surface area (TPSA) is 111 Å². The summed E-state index contributed by atoms with van der Waals surface area (Å²) >= 11 is 0. The number of benzene rings is 1. The van der Waals surface area contributed by atoms with Gasteiger partial charge in [-0.25, -0.2) is 4.98 Å². The Morgan fingerprint density at radius 1 is 1.28 bits per heavy atom. The number of aryl methyl sites for hydroxylation is 3. The Morgan fingerprint density at radius 3 is 2.91 bits per heavy atom. The van der Waals surface area contributed by atoms with Crippen LogP contribution in [0.15, 0.2) is 30.6 Å². The van der Waals surface area contributed by atoms with E-state index >= 15 is 0 Å². The van der Waals surface area contributed by atoms with Crippen molar-refractivity contribution in [2.75, 3.05) is 18.4 Å². The number of rotatable bonds is 6. The van der Waals surface area contributed by atoms with Crippen molar-refractivity contribution in [1.29, 1.82) is 0 Å². The van der Waals surface area contributed by atoms with Gasteiger partial charge in [-0.1, -0.05) is 0 Å². The summed E-state index contributed by atoms with van der Waals surface area (Å²) in [5.41, 5.74) is 9.76. The first-order chi connectivity index (χ1) is 15.5. The van der Waals surface area contributed by atoms with Gasteiger partial charge in [0.2, 0.25) is 11.8 Å². The number of carbonyl (C=O) groups excluding carboxylic acids is 2. The van der Waals surface area contributed by atoms with Crippen molar-refractivity contribution < 1.29 is 9.59 Å². The van der Waals surface area contributed by atoms with Crippen LogP contribution in [0.4, 0.5) is 5.69 Å². The lowest BCUT2D eigenvalue weighted by molar-refractivity contribution is -0.131. The molecule has 0 bridgehead atoms. The molecule has 1 aromatic carbocycles. The highest BCUT2D eigenvalue weighted by atomic mass is 16.2. The Hall–Kier alpha value is -3.36. The van der Waals surface area contributed by atoms with Crippen molar-refractivity contribution in [3.8, 4) is 0 Å². The van der Waals surface area contributed by atoms with Crippen molar-refractivity contribution in [3.63, 3.8) is 0 Å². The molecule has 1 saturated heterocycles. The molecule has 0 unspecified atom stereocenters. The van der Waals surface area contributed by atoms with Gasteiger partial charge in [-0.15, -0.1) is 0 Å². The smallest absolute Gasteiger partial charge is 0.242 e. The number of likely N-dealkylation sites (tertiary alicyclic amines) is 1. The van der Waals surface area contributed by atoms with E-state index in [0.29, 0.717) is 38.5 Å². The molecule has 2 aliphatic heterocycles. The normalized spacial score (nSPS) is 20.3. The molecule has 2 aliphatic rings. The van der Waals surface area contributed by atoms with Gasteiger partial charge < -0.3 is 20.5 Å². The third-order valence-corrected chi connectivity index (χ3v) is 6.69. The summed E-state index contributed by atoms with van der Waals surface area (Å²) < 4.78 is 3.92. The largest absolute Gasteiger partial charge is 0.382 e. The van der Waals surface area contributed by atoms with E-state index in [2.05, 4.69) is 29.5 Å². The molecule has 0 radical (unpaired) electrons. The molecule has 9 nitrogen and oxygen atoms in total. The van der Waals surface area contributed by atoms with Gasteiger partial charge in [0.25, 0.3) is 0 Å². The second-order valence-corrected chi connectivity index (χ2v) is 8.90. The summed E-state index contributed by atoms with van der Waals surface area (Å²) in [4.78, 5) is 31.4. The average Bonchev–Trinajstić information content (AvgIpc) is 3.52. The molecule has 9 heteroatoms. The molecule has 2 atom stereocenters. The lowest BCUT2D eigenvalue weighted by atomic mass is 9.98. The maximum Gasteiger partial charge on any atom is 0.242 e. The average molecular weight is 436 g/mol. The molecular weight excluding hydrogens is 406 g/mol. The van der Waals surface area contributed by atoms with Crippen molar-refractivity contribution in [1.82, 2.24) is 24.2 Å². The SMILES string of the molecule is C[C@H]1CCc2c(ccc3c2nc(CCn2cccn2)n3CC(=O)N2CC[C@H](C(N)=O)C2)N1.